The number of nitrogens with one attached hydrogen (secondary N) is 1. The molecule has 1 aliphatic heterocycles. The number of hydrogen-bond donors (Lipinski definition) is 1. The van der Waals surface area contributed by atoms with Crippen molar-refractivity contribution in [3.63, 3.8) is 0 Å². The quantitative estimate of drug-likeness (QED) is 0.508. The number of nitrogens with zero attached hydrogens (tertiary/aromatic N) is 2. The predicted octanol–water partition coefficient (Wildman–Crippen LogP) is 4.71. The van der Waals surface area contributed by atoms with Crippen LogP contribution in [0.3, 0.4) is 0 Å². The monoisotopic (exact) mass is 401 g/mol. The molecule has 0 aliphatic carbocycles. The SMILES string of the molecule is COc1ccc(-c2ccnn2-c2ccc(-c3ccc[nH]3)cc2)cc1OC1CCOC1. The van der Waals surface area contributed by atoms with Crippen LogP contribution < -0.4 is 9.47 Å². The zero-order valence-electron chi connectivity index (χ0n) is 16.7. The standard InChI is InChI=1S/C24H23N3O3/c1-28-23-9-6-18(15-24(23)30-20-11-14-29-16-20)22-10-13-26-27(22)19-7-4-17(5-8-19)21-3-2-12-25-21/h2-10,12-13,15,20,25H,11,14,16H2,1H3. The van der Waals surface area contributed by atoms with E-state index in [1.54, 1.807) is 7.11 Å². The van der Waals surface area contributed by atoms with Crippen LogP contribution in [-0.2, 0) is 4.74 Å². The first-order valence-corrected chi connectivity index (χ1v) is 10.0. The molecule has 0 radical (unpaired) electrons. The normalized spacial score (nSPS) is 16.0. The Morgan fingerprint density at radius 3 is 2.63 bits per heavy atom. The van der Waals surface area contributed by atoms with Crippen LogP contribution >= 0.6 is 0 Å². The van der Waals surface area contributed by atoms with Crippen LogP contribution in [0, 0.1) is 0 Å². The van der Waals surface area contributed by atoms with Crippen molar-refractivity contribution in [2.75, 3.05) is 20.3 Å². The molecule has 1 fully saturated rings. The minimum Gasteiger partial charge on any atom is -0.493 e. The van der Waals surface area contributed by atoms with Crippen molar-refractivity contribution in [2.45, 2.75) is 12.5 Å². The third kappa shape index (κ3) is 3.57. The summed E-state index contributed by atoms with van der Waals surface area (Å²) in [6.07, 6.45) is 4.68. The van der Waals surface area contributed by atoms with Crippen molar-refractivity contribution in [2.24, 2.45) is 0 Å². The van der Waals surface area contributed by atoms with Gasteiger partial charge >= 0.3 is 0 Å². The van der Waals surface area contributed by atoms with Gasteiger partial charge in [0.2, 0.25) is 0 Å². The maximum atomic E-state index is 6.16. The first kappa shape index (κ1) is 18.5. The fraction of sp³-hybridized carbons (Fsp3) is 0.208. The van der Waals surface area contributed by atoms with Crippen LogP contribution in [0.5, 0.6) is 11.5 Å². The van der Waals surface area contributed by atoms with Gasteiger partial charge in [-0.15, -0.1) is 0 Å². The molecule has 6 heteroatoms. The van der Waals surface area contributed by atoms with Gasteiger partial charge in [-0.25, -0.2) is 4.68 Å². The first-order chi connectivity index (χ1) is 14.8. The van der Waals surface area contributed by atoms with Gasteiger partial charge in [0.15, 0.2) is 11.5 Å². The molecule has 4 aromatic rings. The van der Waals surface area contributed by atoms with Crippen LogP contribution in [0.4, 0.5) is 0 Å². The fourth-order valence-corrected chi connectivity index (χ4v) is 3.73. The Balaban J connectivity index is 1.46. The van der Waals surface area contributed by atoms with Crippen LogP contribution in [0.15, 0.2) is 73.1 Å². The molecule has 0 saturated carbocycles. The summed E-state index contributed by atoms with van der Waals surface area (Å²) in [5.74, 6) is 1.44. The van der Waals surface area contributed by atoms with Gasteiger partial charge in [0.1, 0.15) is 6.10 Å². The second-order valence-electron chi connectivity index (χ2n) is 7.23. The maximum absolute atomic E-state index is 6.16. The van der Waals surface area contributed by atoms with Crippen molar-refractivity contribution < 1.29 is 14.2 Å². The molecule has 1 aliphatic rings. The summed E-state index contributed by atoms with van der Waals surface area (Å²) >= 11 is 0. The van der Waals surface area contributed by atoms with Gasteiger partial charge in [0.05, 0.1) is 37.9 Å². The van der Waals surface area contributed by atoms with Gasteiger partial charge in [-0.1, -0.05) is 12.1 Å². The molecule has 2 aromatic carbocycles. The number of ether oxygens (including phenoxy) is 3. The Morgan fingerprint density at radius 2 is 1.90 bits per heavy atom. The van der Waals surface area contributed by atoms with E-state index in [4.69, 9.17) is 14.2 Å². The van der Waals surface area contributed by atoms with Crippen molar-refractivity contribution in [3.05, 3.63) is 73.1 Å². The topological polar surface area (TPSA) is 61.3 Å². The third-order valence-electron chi connectivity index (χ3n) is 5.30. The number of methoxy groups -OCH3 is 1. The molecule has 1 saturated heterocycles. The van der Waals surface area contributed by atoms with E-state index in [2.05, 4.69) is 40.4 Å². The van der Waals surface area contributed by atoms with Gasteiger partial charge in [-0.2, -0.15) is 5.10 Å². The lowest BCUT2D eigenvalue weighted by atomic mass is 10.1. The lowest BCUT2D eigenvalue weighted by molar-refractivity contribution is 0.138. The molecule has 2 aromatic heterocycles. The molecule has 0 bridgehead atoms. The molecule has 5 rings (SSSR count). The van der Waals surface area contributed by atoms with Crippen molar-refractivity contribution in [3.8, 4) is 39.7 Å². The van der Waals surface area contributed by atoms with E-state index in [1.807, 2.05) is 47.4 Å². The molecule has 6 nitrogen and oxygen atoms in total. The van der Waals surface area contributed by atoms with Gasteiger partial charge in [-0.05, 0) is 54.1 Å². The first-order valence-electron chi connectivity index (χ1n) is 10.0. The Labute approximate surface area is 175 Å². The van der Waals surface area contributed by atoms with E-state index in [0.29, 0.717) is 12.4 Å². The molecule has 1 unspecified atom stereocenters. The van der Waals surface area contributed by atoms with E-state index in [0.717, 1.165) is 47.0 Å². The number of aromatic nitrogens is 3. The highest BCUT2D eigenvalue weighted by atomic mass is 16.6. The fourth-order valence-electron chi connectivity index (χ4n) is 3.73. The van der Waals surface area contributed by atoms with E-state index >= 15 is 0 Å². The van der Waals surface area contributed by atoms with Gasteiger partial charge in [-0.3, -0.25) is 0 Å². The number of rotatable bonds is 6. The third-order valence-corrected chi connectivity index (χ3v) is 5.30. The molecule has 3 heterocycles. The highest BCUT2D eigenvalue weighted by Gasteiger charge is 2.20. The van der Waals surface area contributed by atoms with Crippen molar-refractivity contribution in [1.82, 2.24) is 14.8 Å². The van der Waals surface area contributed by atoms with Crippen LogP contribution in [-0.4, -0.2) is 41.2 Å². The second kappa shape index (κ2) is 8.08. The minimum atomic E-state index is 0.0552. The Bertz CT molecular complexity index is 1110. The summed E-state index contributed by atoms with van der Waals surface area (Å²) in [6, 6.07) is 20.4. The molecular formula is C24H23N3O3. The van der Waals surface area contributed by atoms with Crippen LogP contribution in [0.25, 0.3) is 28.2 Å². The summed E-state index contributed by atoms with van der Waals surface area (Å²) in [5.41, 5.74) is 5.22. The minimum absolute atomic E-state index is 0.0552. The lowest BCUT2D eigenvalue weighted by Crippen LogP contribution is -2.16. The van der Waals surface area contributed by atoms with Gasteiger partial charge in [0.25, 0.3) is 0 Å². The number of aromatic amines is 1. The summed E-state index contributed by atoms with van der Waals surface area (Å²) in [6.45, 7) is 1.34. The Morgan fingerprint density at radius 1 is 1.03 bits per heavy atom. The highest BCUT2D eigenvalue weighted by molar-refractivity contribution is 5.67. The molecule has 1 N–H and O–H groups in total. The van der Waals surface area contributed by atoms with Gasteiger partial charge < -0.3 is 19.2 Å². The average molecular weight is 401 g/mol. The van der Waals surface area contributed by atoms with Crippen molar-refractivity contribution in [1.29, 1.82) is 0 Å². The molecular weight excluding hydrogens is 378 g/mol. The Kier molecular flexibility index (Phi) is 4.99. The smallest absolute Gasteiger partial charge is 0.162 e. The zero-order chi connectivity index (χ0) is 20.3. The molecule has 0 spiro atoms. The van der Waals surface area contributed by atoms with Crippen LogP contribution in [0.2, 0.25) is 0 Å². The lowest BCUT2D eigenvalue weighted by Gasteiger charge is -2.16. The molecule has 1 atom stereocenters. The van der Waals surface area contributed by atoms with Gasteiger partial charge in [0, 0.05) is 23.9 Å². The summed E-state index contributed by atoms with van der Waals surface area (Å²) in [5, 5.41) is 4.55. The second-order valence-corrected chi connectivity index (χ2v) is 7.23. The highest BCUT2D eigenvalue weighted by Crippen LogP contribution is 2.34. The van der Waals surface area contributed by atoms with Crippen molar-refractivity contribution >= 4 is 0 Å². The molecule has 152 valence electrons. The molecule has 30 heavy (non-hydrogen) atoms. The number of H-pyrrole nitrogens is 1. The summed E-state index contributed by atoms with van der Waals surface area (Å²) < 4.78 is 19.0. The summed E-state index contributed by atoms with van der Waals surface area (Å²) in [4.78, 5) is 3.23. The van der Waals surface area contributed by atoms with E-state index in [9.17, 15) is 0 Å². The zero-order valence-corrected chi connectivity index (χ0v) is 16.7. The number of hydrogen-bond acceptors (Lipinski definition) is 4. The largest absolute Gasteiger partial charge is 0.493 e. The van der Waals surface area contributed by atoms with E-state index in [1.165, 1.54) is 0 Å². The number of benzene rings is 2. The summed E-state index contributed by atoms with van der Waals surface area (Å²) in [7, 11) is 1.66. The van der Waals surface area contributed by atoms with Crippen LogP contribution in [0.1, 0.15) is 6.42 Å². The van der Waals surface area contributed by atoms with E-state index < -0.39 is 0 Å². The molecule has 0 amide bonds. The maximum Gasteiger partial charge on any atom is 0.162 e. The van der Waals surface area contributed by atoms with E-state index in [-0.39, 0.29) is 6.10 Å². The predicted molar refractivity (Wildman–Crippen MR) is 115 cm³/mol. The Hall–Kier alpha value is -3.51. The average Bonchev–Trinajstić information content (AvgIpc) is 3.56.